The third-order valence-corrected chi connectivity index (χ3v) is 6.45. The number of pyridine rings is 1. The summed E-state index contributed by atoms with van der Waals surface area (Å²) in [7, 11) is -1.69. The monoisotopic (exact) mass is 436 g/mol. The third kappa shape index (κ3) is 4.18. The Bertz CT molecular complexity index is 1110. The highest BCUT2D eigenvalue weighted by atomic mass is 28.3. The highest BCUT2D eigenvalue weighted by Gasteiger charge is 2.44. The van der Waals surface area contributed by atoms with Gasteiger partial charge in [-0.25, -0.2) is 0 Å². The summed E-state index contributed by atoms with van der Waals surface area (Å²) in [5.41, 5.74) is 4.55. The molecular formula is C24H28N2O4Si. The van der Waals surface area contributed by atoms with Crippen molar-refractivity contribution in [2.45, 2.75) is 45.3 Å². The van der Waals surface area contributed by atoms with E-state index in [2.05, 4.69) is 31.1 Å². The second-order valence-corrected chi connectivity index (χ2v) is 13.7. The number of fused-ring (bicyclic) bond motifs is 3. The predicted octanol–water partition coefficient (Wildman–Crippen LogP) is 3.07. The second-order valence-electron chi connectivity index (χ2n) is 8.99. The number of amides is 1. The summed E-state index contributed by atoms with van der Waals surface area (Å²) in [4.78, 5) is 28.6. The number of carbonyl (C=O) groups is 1. The molecule has 0 N–H and O–H groups in total. The fraction of sp³-hybridized carbons (Fsp3) is 0.417. The molecule has 7 heteroatoms. The largest absolute Gasteiger partial charge is 0.483 e. The lowest BCUT2D eigenvalue weighted by Gasteiger charge is -2.38. The normalized spacial score (nSPS) is 20.0. The van der Waals surface area contributed by atoms with E-state index in [-0.39, 0.29) is 35.8 Å². The summed E-state index contributed by atoms with van der Waals surface area (Å²) >= 11 is 0. The van der Waals surface area contributed by atoms with E-state index in [4.69, 9.17) is 9.47 Å². The van der Waals surface area contributed by atoms with Crippen LogP contribution in [-0.4, -0.2) is 49.2 Å². The molecule has 1 saturated heterocycles. The minimum Gasteiger partial charge on any atom is -0.483 e. The van der Waals surface area contributed by atoms with Crippen LogP contribution in [0.25, 0.3) is 0 Å². The standard InChI is InChI=1S/C24H28N2O4Si/c1-5-25-19-15-29-16-20(19)26-13-18(11-12-31(2,3)4)22(27)23(21(26)24(25)28)30-14-17-9-7-6-8-10-17/h6-10,13,19-20H,5,14-16H2,1-4H3/t19-,20+/m1/s1. The zero-order chi connectivity index (χ0) is 22.2. The van der Waals surface area contributed by atoms with Gasteiger partial charge in [-0.1, -0.05) is 55.9 Å². The van der Waals surface area contributed by atoms with Crippen molar-refractivity contribution in [3.63, 3.8) is 0 Å². The van der Waals surface area contributed by atoms with Crippen molar-refractivity contribution >= 4 is 14.0 Å². The molecule has 1 fully saturated rings. The van der Waals surface area contributed by atoms with Crippen LogP contribution in [0.1, 0.15) is 34.6 Å². The maximum absolute atomic E-state index is 13.4. The van der Waals surface area contributed by atoms with Gasteiger partial charge < -0.3 is 18.9 Å². The number of rotatable bonds is 4. The van der Waals surface area contributed by atoms with E-state index < -0.39 is 8.07 Å². The summed E-state index contributed by atoms with van der Waals surface area (Å²) in [5, 5.41) is 0. The van der Waals surface area contributed by atoms with Crippen LogP contribution in [0.2, 0.25) is 19.6 Å². The quantitative estimate of drug-likeness (QED) is 0.546. The molecule has 2 aliphatic rings. The number of hydrogen-bond acceptors (Lipinski definition) is 4. The molecule has 1 amide bonds. The minimum absolute atomic E-state index is 0.0488. The van der Waals surface area contributed by atoms with Gasteiger partial charge in [0.1, 0.15) is 14.7 Å². The third-order valence-electron chi connectivity index (χ3n) is 5.57. The lowest BCUT2D eigenvalue weighted by Crippen LogP contribution is -2.51. The topological polar surface area (TPSA) is 60.8 Å². The molecule has 0 unspecified atom stereocenters. The first kappa shape index (κ1) is 21.4. The Labute approximate surface area is 183 Å². The number of nitrogens with zero attached hydrogens (tertiary/aromatic N) is 2. The van der Waals surface area contributed by atoms with Gasteiger partial charge in [0.25, 0.3) is 5.91 Å². The molecule has 1 aromatic carbocycles. The molecule has 3 heterocycles. The lowest BCUT2D eigenvalue weighted by molar-refractivity contribution is 0.0568. The Hall–Kier alpha value is -2.82. The fourth-order valence-corrected chi connectivity index (χ4v) is 4.56. The molecule has 0 bridgehead atoms. The van der Waals surface area contributed by atoms with Crippen LogP contribution in [0, 0.1) is 11.5 Å². The number of hydrogen-bond donors (Lipinski definition) is 0. The van der Waals surface area contributed by atoms with Gasteiger partial charge in [0.15, 0.2) is 11.4 Å². The van der Waals surface area contributed by atoms with Crippen molar-refractivity contribution in [2.75, 3.05) is 19.8 Å². The van der Waals surface area contributed by atoms with E-state index >= 15 is 0 Å². The van der Waals surface area contributed by atoms with Crippen LogP contribution in [0.4, 0.5) is 0 Å². The van der Waals surface area contributed by atoms with Crippen LogP contribution in [0.15, 0.2) is 41.3 Å². The number of ether oxygens (including phenoxy) is 2. The maximum Gasteiger partial charge on any atom is 0.274 e. The highest BCUT2D eigenvalue weighted by molar-refractivity contribution is 6.83. The number of carbonyl (C=O) groups excluding carboxylic acids is 1. The van der Waals surface area contributed by atoms with Gasteiger partial charge in [-0.3, -0.25) is 9.59 Å². The molecule has 1 aromatic heterocycles. The lowest BCUT2D eigenvalue weighted by atomic mass is 10.0. The van der Waals surface area contributed by atoms with Crippen LogP contribution in [0.5, 0.6) is 5.75 Å². The number of aromatic nitrogens is 1. The number of benzene rings is 1. The molecule has 162 valence electrons. The molecule has 0 radical (unpaired) electrons. The van der Waals surface area contributed by atoms with Crippen LogP contribution < -0.4 is 10.2 Å². The molecule has 0 aliphatic carbocycles. The van der Waals surface area contributed by atoms with Gasteiger partial charge in [-0.2, -0.15) is 0 Å². The van der Waals surface area contributed by atoms with Crippen molar-refractivity contribution in [3.8, 4) is 17.2 Å². The smallest absolute Gasteiger partial charge is 0.274 e. The molecule has 2 aliphatic heterocycles. The van der Waals surface area contributed by atoms with Crippen molar-refractivity contribution in [2.24, 2.45) is 0 Å². The van der Waals surface area contributed by atoms with E-state index in [1.54, 1.807) is 11.1 Å². The zero-order valence-corrected chi connectivity index (χ0v) is 19.5. The average Bonchev–Trinajstić information content (AvgIpc) is 3.22. The van der Waals surface area contributed by atoms with Gasteiger partial charge in [-0.15, -0.1) is 5.54 Å². The van der Waals surface area contributed by atoms with Crippen LogP contribution in [-0.2, 0) is 11.3 Å². The highest BCUT2D eigenvalue weighted by Crippen LogP contribution is 2.35. The van der Waals surface area contributed by atoms with Crippen molar-refractivity contribution in [3.05, 3.63) is 63.6 Å². The Morgan fingerprint density at radius 1 is 1.13 bits per heavy atom. The molecule has 2 atom stereocenters. The summed E-state index contributed by atoms with van der Waals surface area (Å²) < 4.78 is 13.6. The molecular weight excluding hydrogens is 408 g/mol. The van der Waals surface area contributed by atoms with E-state index in [9.17, 15) is 9.59 Å². The summed E-state index contributed by atoms with van der Waals surface area (Å²) in [6.45, 7) is 10.1. The van der Waals surface area contributed by atoms with Crippen LogP contribution in [0.3, 0.4) is 0 Å². The SMILES string of the molecule is CCN1C(=O)c2c(OCc3ccccc3)c(=O)c(C#C[Si](C)(C)C)cn2[C@H]2COC[C@H]21. The maximum atomic E-state index is 13.4. The van der Waals surface area contributed by atoms with Gasteiger partial charge in [0.05, 0.1) is 30.9 Å². The van der Waals surface area contributed by atoms with Crippen molar-refractivity contribution in [1.82, 2.24) is 9.47 Å². The molecule has 31 heavy (non-hydrogen) atoms. The first-order chi connectivity index (χ1) is 14.8. The molecule has 2 aromatic rings. The molecule has 0 saturated carbocycles. The van der Waals surface area contributed by atoms with E-state index in [1.165, 1.54) is 0 Å². The van der Waals surface area contributed by atoms with Gasteiger partial charge in [0.2, 0.25) is 5.43 Å². The van der Waals surface area contributed by atoms with E-state index in [1.807, 2.05) is 41.8 Å². The first-order valence-corrected chi connectivity index (χ1v) is 14.2. The van der Waals surface area contributed by atoms with Gasteiger partial charge in [0, 0.05) is 12.7 Å². The fourth-order valence-electron chi connectivity index (χ4n) is 4.05. The van der Waals surface area contributed by atoms with Crippen molar-refractivity contribution in [1.29, 1.82) is 0 Å². The Balaban J connectivity index is 1.87. The number of likely N-dealkylation sites (N-methyl/N-ethyl adjacent to an activating group) is 1. The molecule has 4 rings (SSSR count). The van der Waals surface area contributed by atoms with Gasteiger partial charge in [-0.05, 0) is 12.5 Å². The summed E-state index contributed by atoms with van der Waals surface area (Å²) in [5.74, 6) is 2.98. The Morgan fingerprint density at radius 2 is 1.84 bits per heavy atom. The average molecular weight is 437 g/mol. The summed E-state index contributed by atoms with van der Waals surface area (Å²) in [6, 6.07) is 9.52. The predicted molar refractivity (Wildman–Crippen MR) is 122 cm³/mol. The van der Waals surface area contributed by atoms with E-state index in [0.717, 1.165) is 5.56 Å². The Kier molecular flexibility index (Phi) is 5.78. The zero-order valence-electron chi connectivity index (χ0n) is 18.5. The van der Waals surface area contributed by atoms with Crippen molar-refractivity contribution < 1.29 is 14.3 Å². The minimum atomic E-state index is -1.69. The first-order valence-electron chi connectivity index (χ1n) is 10.7. The molecule has 0 spiro atoms. The molecule has 6 nitrogen and oxygen atoms in total. The Morgan fingerprint density at radius 3 is 2.52 bits per heavy atom. The van der Waals surface area contributed by atoms with Gasteiger partial charge >= 0.3 is 0 Å². The second kappa shape index (κ2) is 8.37. The van der Waals surface area contributed by atoms with E-state index in [0.29, 0.717) is 31.0 Å². The summed E-state index contributed by atoms with van der Waals surface area (Å²) in [6.07, 6.45) is 1.73. The van der Waals surface area contributed by atoms with Crippen LogP contribution >= 0.6 is 0 Å².